The van der Waals surface area contributed by atoms with E-state index in [2.05, 4.69) is 25.6 Å². The average Bonchev–Trinajstić information content (AvgIpc) is 2.56. The highest BCUT2D eigenvalue weighted by Gasteiger charge is 2.07. The molecule has 2 aromatic heterocycles. The summed E-state index contributed by atoms with van der Waals surface area (Å²) in [6, 6.07) is 15.1. The molecule has 2 N–H and O–H groups in total. The van der Waals surface area contributed by atoms with Gasteiger partial charge < -0.3 is 10.6 Å². The molecule has 0 radical (unpaired) electrons. The minimum atomic E-state index is 0.556. The molecule has 6 heteroatoms. The zero-order valence-corrected chi connectivity index (χ0v) is 13.4. The van der Waals surface area contributed by atoms with Crippen molar-refractivity contribution in [2.45, 2.75) is 6.92 Å². The Labute approximate surface area is 139 Å². The summed E-state index contributed by atoms with van der Waals surface area (Å²) in [6.07, 6.45) is 1.74. The Kier molecular flexibility index (Phi) is 4.68. The molecular weight excluding hydrogens is 310 g/mol. The SMILES string of the molecule is CCNc1nc(Nc2cccc(Cl)c2)cc(-c2ccccn2)n1. The topological polar surface area (TPSA) is 62.7 Å². The Hall–Kier alpha value is -2.66. The summed E-state index contributed by atoms with van der Waals surface area (Å²) in [5, 5.41) is 7.06. The number of nitrogens with one attached hydrogen (secondary N) is 2. The van der Waals surface area contributed by atoms with Gasteiger partial charge in [0, 0.05) is 29.5 Å². The third-order valence-electron chi connectivity index (χ3n) is 3.09. The van der Waals surface area contributed by atoms with Crippen LogP contribution in [0, 0.1) is 0 Å². The third-order valence-corrected chi connectivity index (χ3v) is 3.32. The van der Waals surface area contributed by atoms with Crippen molar-refractivity contribution in [2.75, 3.05) is 17.2 Å². The van der Waals surface area contributed by atoms with Gasteiger partial charge in [-0.3, -0.25) is 4.98 Å². The number of halogens is 1. The van der Waals surface area contributed by atoms with Gasteiger partial charge in [0.1, 0.15) is 5.82 Å². The first-order chi connectivity index (χ1) is 11.2. The second-order valence-corrected chi connectivity index (χ2v) is 5.28. The number of pyridine rings is 1. The molecule has 0 saturated heterocycles. The summed E-state index contributed by atoms with van der Waals surface area (Å²) in [4.78, 5) is 13.3. The molecule has 116 valence electrons. The van der Waals surface area contributed by atoms with Crippen LogP contribution in [0.1, 0.15) is 6.92 Å². The first kappa shape index (κ1) is 15.2. The number of hydrogen-bond acceptors (Lipinski definition) is 5. The lowest BCUT2D eigenvalue weighted by Gasteiger charge is -2.10. The first-order valence-corrected chi connectivity index (χ1v) is 7.69. The van der Waals surface area contributed by atoms with E-state index in [1.807, 2.05) is 55.5 Å². The second kappa shape index (κ2) is 7.07. The summed E-state index contributed by atoms with van der Waals surface area (Å²) in [7, 11) is 0. The fourth-order valence-electron chi connectivity index (χ4n) is 2.11. The lowest BCUT2D eigenvalue weighted by atomic mass is 10.2. The van der Waals surface area contributed by atoms with E-state index in [9.17, 15) is 0 Å². The highest BCUT2D eigenvalue weighted by atomic mass is 35.5. The predicted molar refractivity (Wildman–Crippen MR) is 94.2 cm³/mol. The molecule has 0 fully saturated rings. The summed E-state index contributed by atoms with van der Waals surface area (Å²) < 4.78 is 0. The molecule has 5 nitrogen and oxygen atoms in total. The Morgan fingerprint density at radius 3 is 2.65 bits per heavy atom. The normalized spacial score (nSPS) is 10.3. The van der Waals surface area contributed by atoms with Crippen molar-refractivity contribution in [2.24, 2.45) is 0 Å². The molecule has 0 aliphatic heterocycles. The monoisotopic (exact) mass is 325 g/mol. The van der Waals surface area contributed by atoms with Crippen LogP contribution in [0.3, 0.4) is 0 Å². The minimum Gasteiger partial charge on any atom is -0.354 e. The van der Waals surface area contributed by atoms with Crippen LogP contribution in [0.5, 0.6) is 0 Å². The van der Waals surface area contributed by atoms with Gasteiger partial charge in [0.25, 0.3) is 0 Å². The molecule has 23 heavy (non-hydrogen) atoms. The standard InChI is InChI=1S/C17H16ClN5/c1-2-19-17-22-15(14-8-3-4-9-20-14)11-16(23-17)21-13-7-5-6-12(18)10-13/h3-11H,2H2,1H3,(H2,19,21,22,23). The van der Waals surface area contributed by atoms with E-state index in [0.29, 0.717) is 16.8 Å². The molecule has 3 aromatic rings. The molecule has 0 amide bonds. The molecule has 1 aromatic carbocycles. The van der Waals surface area contributed by atoms with Crippen molar-refractivity contribution in [1.82, 2.24) is 15.0 Å². The van der Waals surface area contributed by atoms with Gasteiger partial charge >= 0.3 is 0 Å². The molecule has 0 aliphatic carbocycles. The maximum atomic E-state index is 6.02. The van der Waals surface area contributed by atoms with E-state index in [-0.39, 0.29) is 0 Å². The zero-order valence-electron chi connectivity index (χ0n) is 12.6. The van der Waals surface area contributed by atoms with Crippen LogP contribution in [-0.2, 0) is 0 Å². The van der Waals surface area contributed by atoms with Gasteiger partial charge in [0.05, 0.1) is 11.4 Å². The predicted octanol–water partition coefficient (Wildman–Crippen LogP) is 4.37. The fraction of sp³-hybridized carbons (Fsp3) is 0.118. The van der Waals surface area contributed by atoms with Crippen LogP contribution in [0.2, 0.25) is 5.02 Å². The average molecular weight is 326 g/mol. The van der Waals surface area contributed by atoms with Crippen molar-refractivity contribution in [1.29, 1.82) is 0 Å². The van der Waals surface area contributed by atoms with Crippen LogP contribution in [-0.4, -0.2) is 21.5 Å². The van der Waals surface area contributed by atoms with Crippen molar-refractivity contribution in [3.05, 3.63) is 59.8 Å². The molecular formula is C17H16ClN5. The highest BCUT2D eigenvalue weighted by Crippen LogP contribution is 2.23. The van der Waals surface area contributed by atoms with E-state index in [1.54, 1.807) is 6.20 Å². The summed E-state index contributed by atoms with van der Waals surface area (Å²) >= 11 is 6.02. The molecule has 0 spiro atoms. The van der Waals surface area contributed by atoms with Crippen LogP contribution in [0.15, 0.2) is 54.7 Å². The lowest BCUT2D eigenvalue weighted by Crippen LogP contribution is -2.05. The van der Waals surface area contributed by atoms with Gasteiger partial charge in [-0.25, -0.2) is 4.98 Å². The van der Waals surface area contributed by atoms with Crippen molar-refractivity contribution >= 4 is 29.1 Å². The molecule has 0 saturated carbocycles. The number of anilines is 3. The Balaban J connectivity index is 1.97. The van der Waals surface area contributed by atoms with Gasteiger partial charge in [0.15, 0.2) is 0 Å². The Bertz CT molecular complexity index is 792. The third kappa shape index (κ3) is 3.96. The first-order valence-electron chi connectivity index (χ1n) is 7.31. The van der Waals surface area contributed by atoms with E-state index in [4.69, 9.17) is 11.6 Å². The largest absolute Gasteiger partial charge is 0.354 e. The number of aromatic nitrogens is 3. The fourth-order valence-corrected chi connectivity index (χ4v) is 2.30. The summed E-state index contributed by atoms with van der Waals surface area (Å²) in [5.41, 5.74) is 2.41. The van der Waals surface area contributed by atoms with Crippen molar-refractivity contribution in [3.8, 4) is 11.4 Å². The van der Waals surface area contributed by atoms with Gasteiger partial charge in [-0.15, -0.1) is 0 Å². The zero-order chi connectivity index (χ0) is 16.1. The molecule has 0 bridgehead atoms. The second-order valence-electron chi connectivity index (χ2n) is 4.84. The summed E-state index contributed by atoms with van der Waals surface area (Å²) in [5.74, 6) is 1.24. The van der Waals surface area contributed by atoms with Gasteiger partial charge in [0.2, 0.25) is 5.95 Å². The van der Waals surface area contributed by atoms with Crippen LogP contribution in [0.4, 0.5) is 17.5 Å². The van der Waals surface area contributed by atoms with E-state index in [0.717, 1.165) is 23.6 Å². The highest BCUT2D eigenvalue weighted by molar-refractivity contribution is 6.30. The smallest absolute Gasteiger partial charge is 0.225 e. The van der Waals surface area contributed by atoms with Crippen molar-refractivity contribution < 1.29 is 0 Å². The molecule has 0 unspecified atom stereocenters. The Morgan fingerprint density at radius 1 is 1.00 bits per heavy atom. The molecule has 0 aliphatic rings. The Morgan fingerprint density at radius 2 is 1.91 bits per heavy atom. The lowest BCUT2D eigenvalue weighted by molar-refractivity contribution is 1.08. The maximum Gasteiger partial charge on any atom is 0.225 e. The van der Waals surface area contributed by atoms with Gasteiger partial charge in [-0.1, -0.05) is 23.7 Å². The molecule has 0 atom stereocenters. The number of rotatable bonds is 5. The van der Waals surface area contributed by atoms with E-state index in [1.165, 1.54) is 0 Å². The van der Waals surface area contributed by atoms with Crippen LogP contribution >= 0.6 is 11.6 Å². The minimum absolute atomic E-state index is 0.556. The maximum absolute atomic E-state index is 6.02. The molecule has 2 heterocycles. The molecule has 3 rings (SSSR count). The van der Waals surface area contributed by atoms with E-state index >= 15 is 0 Å². The van der Waals surface area contributed by atoms with Crippen LogP contribution < -0.4 is 10.6 Å². The van der Waals surface area contributed by atoms with Gasteiger partial charge in [-0.2, -0.15) is 4.98 Å². The number of benzene rings is 1. The summed E-state index contributed by atoms with van der Waals surface area (Å²) in [6.45, 7) is 2.74. The number of nitrogens with zero attached hydrogens (tertiary/aromatic N) is 3. The van der Waals surface area contributed by atoms with E-state index < -0.39 is 0 Å². The van der Waals surface area contributed by atoms with Crippen LogP contribution in [0.25, 0.3) is 11.4 Å². The quantitative estimate of drug-likeness (QED) is 0.729. The van der Waals surface area contributed by atoms with Gasteiger partial charge in [-0.05, 0) is 37.3 Å². The number of hydrogen-bond donors (Lipinski definition) is 2. The van der Waals surface area contributed by atoms with Crippen molar-refractivity contribution in [3.63, 3.8) is 0 Å².